The largest absolute Gasteiger partial charge is 0.491 e. The summed E-state index contributed by atoms with van der Waals surface area (Å²) in [5.74, 6) is 0.401. The van der Waals surface area contributed by atoms with Gasteiger partial charge in [-0.25, -0.2) is 0 Å². The predicted molar refractivity (Wildman–Crippen MR) is 73.6 cm³/mol. The number of hydrogen-bond acceptors (Lipinski definition) is 6. The topological polar surface area (TPSA) is 55.2 Å². The minimum atomic E-state index is -4.41. The Labute approximate surface area is 127 Å². The Hall–Kier alpha value is -1.32. The van der Waals surface area contributed by atoms with Gasteiger partial charge in [-0.3, -0.25) is 0 Å². The molecule has 0 amide bonds. The van der Waals surface area contributed by atoms with Gasteiger partial charge in [0.05, 0.1) is 11.7 Å². The Morgan fingerprint density at radius 3 is 2.86 bits per heavy atom. The minimum Gasteiger partial charge on any atom is -0.491 e. The van der Waals surface area contributed by atoms with Gasteiger partial charge >= 0.3 is 6.18 Å². The molecular formula is C12H11F3N2O2S2. The van der Waals surface area contributed by atoms with Crippen molar-refractivity contribution in [1.82, 2.24) is 10.2 Å². The average Bonchev–Trinajstić information content (AvgIpc) is 2.95. The normalized spacial score (nSPS) is 13.1. The summed E-state index contributed by atoms with van der Waals surface area (Å²) < 4.78 is 43.5. The van der Waals surface area contributed by atoms with Crippen molar-refractivity contribution in [1.29, 1.82) is 0 Å². The van der Waals surface area contributed by atoms with Crippen molar-refractivity contribution in [2.75, 3.05) is 12.4 Å². The van der Waals surface area contributed by atoms with Crippen molar-refractivity contribution >= 4 is 23.1 Å². The number of aliphatic hydroxyl groups excluding tert-OH is 1. The molecule has 2 aromatic rings. The quantitative estimate of drug-likeness (QED) is 0.822. The predicted octanol–water partition coefficient (Wildman–Crippen LogP) is 3.09. The van der Waals surface area contributed by atoms with Gasteiger partial charge in [-0.1, -0.05) is 29.2 Å². The Morgan fingerprint density at radius 2 is 2.19 bits per heavy atom. The van der Waals surface area contributed by atoms with Gasteiger partial charge in [0.2, 0.25) is 0 Å². The van der Waals surface area contributed by atoms with Gasteiger partial charge in [-0.2, -0.15) is 13.2 Å². The van der Waals surface area contributed by atoms with Crippen molar-refractivity contribution in [2.24, 2.45) is 0 Å². The van der Waals surface area contributed by atoms with E-state index < -0.39 is 17.8 Å². The Balaban J connectivity index is 1.82. The maximum absolute atomic E-state index is 12.5. The summed E-state index contributed by atoms with van der Waals surface area (Å²) in [6.45, 7) is -0.0902. The summed E-state index contributed by atoms with van der Waals surface area (Å²) in [4.78, 5) is 0. The smallest absolute Gasteiger partial charge is 0.416 e. The number of benzene rings is 1. The van der Waals surface area contributed by atoms with E-state index in [1.54, 1.807) is 5.51 Å². The molecule has 4 nitrogen and oxygen atoms in total. The van der Waals surface area contributed by atoms with Crippen LogP contribution in [0.1, 0.15) is 5.56 Å². The van der Waals surface area contributed by atoms with E-state index in [9.17, 15) is 18.3 Å². The van der Waals surface area contributed by atoms with Crippen LogP contribution in [-0.4, -0.2) is 33.8 Å². The second-order valence-electron chi connectivity index (χ2n) is 4.01. The van der Waals surface area contributed by atoms with E-state index in [1.165, 1.54) is 35.2 Å². The van der Waals surface area contributed by atoms with E-state index in [2.05, 4.69) is 10.2 Å². The molecule has 21 heavy (non-hydrogen) atoms. The lowest BCUT2D eigenvalue weighted by atomic mass is 10.2. The lowest BCUT2D eigenvalue weighted by Crippen LogP contribution is -2.20. The zero-order valence-electron chi connectivity index (χ0n) is 10.6. The second kappa shape index (κ2) is 7.10. The van der Waals surface area contributed by atoms with E-state index in [-0.39, 0.29) is 12.4 Å². The van der Waals surface area contributed by atoms with Crippen LogP contribution in [0.25, 0.3) is 0 Å². The van der Waals surface area contributed by atoms with Gasteiger partial charge in [-0.15, -0.1) is 10.2 Å². The van der Waals surface area contributed by atoms with Crippen molar-refractivity contribution in [3.63, 3.8) is 0 Å². The molecular weight excluding hydrogens is 325 g/mol. The van der Waals surface area contributed by atoms with Crippen LogP contribution >= 0.6 is 23.1 Å². The molecule has 0 aliphatic carbocycles. The molecule has 0 radical (unpaired) electrons. The molecule has 1 aromatic carbocycles. The first-order chi connectivity index (χ1) is 9.95. The molecule has 0 fully saturated rings. The van der Waals surface area contributed by atoms with Gasteiger partial charge in [0.25, 0.3) is 0 Å². The number of nitrogens with zero attached hydrogens (tertiary/aromatic N) is 2. The van der Waals surface area contributed by atoms with Crippen molar-refractivity contribution < 1.29 is 23.0 Å². The standard InChI is InChI=1S/C12H11F3N2O2S2/c13-12(14,15)8-2-1-3-10(4-8)19-5-9(18)6-20-11-17-16-7-21-11/h1-4,7,9,18H,5-6H2. The van der Waals surface area contributed by atoms with Crippen LogP contribution in [0.5, 0.6) is 5.75 Å². The number of alkyl halides is 3. The highest BCUT2D eigenvalue weighted by Crippen LogP contribution is 2.31. The van der Waals surface area contributed by atoms with Gasteiger partial charge in [-0.05, 0) is 18.2 Å². The number of aliphatic hydroxyl groups is 1. The van der Waals surface area contributed by atoms with Crippen LogP contribution < -0.4 is 4.74 Å². The third-order valence-electron chi connectivity index (χ3n) is 2.34. The molecule has 0 aliphatic heterocycles. The molecule has 2 rings (SSSR count). The number of halogens is 3. The lowest BCUT2D eigenvalue weighted by Gasteiger charge is -2.13. The first-order valence-electron chi connectivity index (χ1n) is 5.82. The second-order valence-corrected chi connectivity index (χ2v) is 6.11. The zero-order valence-corrected chi connectivity index (χ0v) is 12.2. The molecule has 9 heteroatoms. The van der Waals surface area contributed by atoms with Gasteiger partial charge < -0.3 is 9.84 Å². The van der Waals surface area contributed by atoms with Crippen LogP contribution in [-0.2, 0) is 6.18 Å². The van der Waals surface area contributed by atoms with E-state index in [0.717, 1.165) is 12.1 Å². The molecule has 1 atom stereocenters. The number of rotatable bonds is 6. The molecule has 0 saturated heterocycles. The molecule has 1 N–H and O–H groups in total. The summed E-state index contributed by atoms with van der Waals surface area (Å²) >= 11 is 2.66. The Morgan fingerprint density at radius 1 is 1.38 bits per heavy atom. The number of aromatic nitrogens is 2. The fourth-order valence-electron chi connectivity index (χ4n) is 1.40. The first-order valence-corrected chi connectivity index (χ1v) is 7.69. The van der Waals surface area contributed by atoms with E-state index >= 15 is 0 Å². The van der Waals surface area contributed by atoms with Crippen LogP contribution in [0, 0.1) is 0 Å². The number of ether oxygens (including phenoxy) is 1. The first kappa shape index (κ1) is 16.1. The average molecular weight is 336 g/mol. The minimum absolute atomic E-state index is 0.0739. The molecule has 0 bridgehead atoms. The molecule has 1 heterocycles. The molecule has 1 unspecified atom stereocenters. The molecule has 0 spiro atoms. The maximum atomic E-state index is 12.5. The summed E-state index contributed by atoms with van der Waals surface area (Å²) in [6, 6.07) is 4.56. The van der Waals surface area contributed by atoms with Gasteiger partial charge in [0.15, 0.2) is 4.34 Å². The zero-order chi connectivity index (χ0) is 15.3. The summed E-state index contributed by atoms with van der Waals surface area (Å²) in [5, 5.41) is 17.2. The molecule has 0 aliphatic rings. The molecule has 0 saturated carbocycles. The van der Waals surface area contributed by atoms with Crippen LogP contribution in [0.4, 0.5) is 13.2 Å². The summed E-state index contributed by atoms with van der Waals surface area (Å²) in [5.41, 5.74) is 0.797. The number of hydrogen-bond donors (Lipinski definition) is 1. The van der Waals surface area contributed by atoms with Crippen LogP contribution in [0.15, 0.2) is 34.1 Å². The van der Waals surface area contributed by atoms with Crippen molar-refractivity contribution in [2.45, 2.75) is 16.6 Å². The van der Waals surface area contributed by atoms with E-state index in [4.69, 9.17) is 4.74 Å². The van der Waals surface area contributed by atoms with Gasteiger partial charge in [0.1, 0.15) is 17.9 Å². The Bertz CT molecular complexity index is 564. The van der Waals surface area contributed by atoms with E-state index in [0.29, 0.717) is 10.1 Å². The van der Waals surface area contributed by atoms with Crippen molar-refractivity contribution in [3.8, 4) is 5.75 Å². The third kappa shape index (κ3) is 5.18. The monoisotopic (exact) mass is 336 g/mol. The molecule has 1 aromatic heterocycles. The molecule has 114 valence electrons. The van der Waals surface area contributed by atoms with Crippen LogP contribution in [0.2, 0.25) is 0 Å². The fraction of sp³-hybridized carbons (Fsp3) is 0.333. The summed E-state index contributed by atoms with van der Waals surface area (Å²) in [7, 11) is 0. The fourth-order valence-corrected chi connectivity index (χ4v) is 2.82. The highest BCUT2D eigenvalue weighted by atomic mass is 32.2. The maximum Gasteiger partial charge on any atom is 0.416 e. The van der Waals surface area contributed by atoms with Gasteiger partial charge in [0, 0.05) is 5.75 Å². The summed E-state index contributed by atoms with van der Waals surface area (Å²) in [6.07, 6.45) is -5.22. The van der Waals surface area contributed by atoms with Crippen molar-refractivity contribution in [3.05, 3.63) is 35.3 Å². The highest BCUT2D eigenvalue weighted by molar-refractivity contribution is 8.01. The number of thioether (sulfide) groups is 1. The van der Waals surface area contributed by atoms with E-state index in [1.807, 2.05) is 0 Å². The Kier molecular flexibility index (Phi) is 5.43. The SMILES string of the molecule is OC(COc1cccc(C(F)(F)F)c1)CSc1nncs1. The highest BCUT2D eigenvalue weighted by Gasteiger charge is 2.30. The lowest BCUT2D eigenvalue weighted by molar-refractivity contribution is -0.137. The van der Waals surface area contributed by atoms with Crippen LogP contribution in [0.3, 0.4) is 0 Å². The third-order valence-corrected chi connectivity index (χ3v) is 4.35.